The second kappa shape index (κ2) is 17.9. The van der Waals surface area contributed by atoms with Crippen molar-refractivity contribution >= 4 is 16.8 Å². The Labute approximate surface area is 190 Å². The molecule has 0 amide bonds. The molecule has 2 rings (SSSR count). The number of aromatic nitrogens is 1. The summed E-state index contributed by atoms with van der Waals surface area (Å²) in [5.74, 6) is 2.72. The van der Waals surface area contributed by atoms with Crippen LogP contribution in [0.4, 0.5) is 0 Å². The summed E-state index contributed by atoms with van der Waals surface area (Å²) in [4.78, 5) is 4.39. The quantitative estimate of drug-likeness (QED) is 0.489. The molecule has 0 aliphatic carbocycles. The van der Waals surface area contributed by atoms with Gasteiger partial charge in [0, 0.05) is 28.6 Å². The maximum Gasteiger partial charge on any atom is 0.213 e. The second-order valence-corrected chi connectivity index (χ2v) is 7.62. The number of hydrogen-bond acceptors (Lipinski definition) is 3. The highest BCUT2D eigenvalue weighted by Gasteiger charge is 2.04. The van der Waals surface area contributed by atoms with Gasteiger partial charge in [-0.15, -0.1) is 0 Å². The first kappa shape index (κ1) is 32.8. The summed E-state index contributed by atoms with van der Waals surface area (Å²) in [6.07, 6.45) is 0.442. The van der Waals surface area contributed by atoms with Gasteiger partial charge in [0.2, 0.25) is 5.88 Å². The Bertz CT molecular complexity index is 602. The van der Waals surface area contributed by atoms with Gasteiger partial charge in [-0.2, -0.15) is 0 Å². The molecule has 30 heavy (non-hydrogen) atoms. The SMILES string of the molecule is CC.CC(C)Oc1cccc(C(C)C)c1.CC(C)Oc1cccc(C(C)C)n1.[B].[B]. The lowest BCUT2D eigenvalue weighted by Gasteiger charge is -2.12. The van der Waals surface area contributed by atoms with E-state index in [4.69, 9.17) is 9.47 Å². The van der Waals surface area contributed by atoms with Crippen LogP contribution in [0.2, 0.25) is 0 Å². The van der Waals surface area contributed by atoms with Gasteiger partial charge >= 0.3 is 0 Å². The van der Waals surface area contributed by atoms with Crippen LogP contribution >= 0.6 is 0 Å². The lowest BCUT2D eigenvalue weighted by atomic mass is 10.0. The maximum atomic E-state index is 5.60. The average Bonchev–Trinajstić information content (AvgIpc) is 2.63. The highest BCUT2D eigenvalue weighted by atomic mass is 16.5. The van der Waals surface area contributed by atoms with Crippen molar-refractivity contribution in [3.8, 4) is 11.6 Å². The van der Waals surface area contributed by atoms with Gasteiger partial charge in [0.15, 0.2) is 0 Å². The van der Waals surface area contributed by atoms with Crippen molar-refractivity contribution in [1.29, 1.82) is 0 Å². The van der Waals surface area contributed by atoms with Crippen LogP contribution in [0.15, 0.2) is 42.5 Å². The zero-order chi connectivity index (χ0) is 21.7. The molecule has 2 aromatic rings. The van der Waals surface area contributed by atoms with Crippen molar-refractivity contribution in [3.05, 3.63) is 53.7 Å². The normalized spacial score (nSPS) is 9.67. The molecule has 0 saturated heterocycles. The fourth-order valence-corrected chi connectivity index (χ4v) is 2.28. The van der Waals surface area contributed by atoms with Crippen molar-refractivity contribution < 1.29 is 9.47 Å². The van der Waals surface area contributed by atoms with Gasteiger partial charge in [0.1, 0.15) is 5.75 Å². The van der Waals surface area contributed by atoms with E-state index in [-0.39, 0.29) is 29.0 Å². The number of benzene rings is 1. The molecule has 0 aliphatic rings. The molecule has 0 aliphatic heterocycles. The zero-order valence-electron chi connectivity index (χ0n) is 20.8. The summed E-state index contributed by atoms with van der Waals surface area (Å²) >= 11 is 0. The smallest absolute Gasteiger partial charge is 0.213 e. The Morgan fingerprint density at radius 1 is 0.667 bits per heavy atom. The fraction of sp³-hybridized carbons (Fsp3) is 0.560. The Kier molecular flexibility index (Phi) is 19.6. The summed E-state index contributed by atoms with van der Waals surface area (Å²) in [5, 5.41) is 0. The van der Waals surface area contributed by atoms with Gasteiger partial charge in [0.05, 0.1) is 12.2 Å². The summed E-state index contributed by atoms with van der Waals surface area (Å²) in [7, 11) is 0. The van der Waals surface area contributed by atoms with E-state index in [1.54, 1.807) is 0 Å². The highest BCUT2D eigenvalue weighted by molar-refractivity contribution is 5.76. The van der Waals surface area contributed by atoms with Crippen LogP contribution in [0.25, 0.3) is 0 Å². The van der Waals surface area contributed by atoms with Crippen molar-refractivity contribution in [1.82, 2.24) is 4.98 Å². The average molecular weight is 409 g/mol. The van der Waals surface area contributed by atoms with Crippen LogP contribution in [0.5, 0.6) is 11.6 Å². The highest BCUT2D eigenvalue weighted by Crippen LogP contribution is 2.20. The molecule has 6 radical (unpaired) electrons. The third kappa shape index (κ3) is 14.1. The Morgan fingerprint density at radius 2 is 1.20 bits per heavy atom. The zero-order valence-corrected chi connectivity index (χ0v) is 20.8. The van der Waals surface area contributed by atoms with E-state index in [2.05, 4.69) is 44.8 Å². The molecule has 1 heterocycles. The topological polar surface area (TPSA) is 31.4 Å². The number of nitrogens with zero attached hydrogens (tertiary/aromatic N) is 1. The molecule has 0 N–H and O–H groups in total. The van der Waals surface area contributed by atoms with Gasteiger partial charge < -0.3 is 9.47 Å². The van der Waals surface area contributed by atoms with Crippen LogP contribution < -0.4 is 9.47 Å². The van der Waals surface area contributed by atoms with E-state index in [0.717, 1.165) is 17.3 Å². The maximum absolute atomic E-state index is 5.60. The molecule has 1 aromatic carbocycles. The lowest BCUT2D eigenvalue weighted by Crippen LogP contribution is -2.07. The minimum Gasteiger partial charge on any atom is -0.491 e. The van der Waals surface area contributed by atoms with Gasteiger partial charge in [-0.1, -0.05) is 59.7 Å². The van der Waals surface area contributed by atoms with Crippen LogP contribution in [0, 0.1) is 0 Å². The van der Waals surface area contributed by atoms with E-state index in [9.17, 15) is 0 Å². The second-order valence-electron chi connectivity index (χ2n) is 7.62. The largest absolute Gasteiger partial charge is 0.491 e. The van der Waals surface area contributed by atoms with E-state index < -0.39 is 0 Å². The molecule has 3 nitrogen and oxygen atoms in total. The summed E-state index contributed by atoms with van der Waals surface area (Å²) in [6.45, 7) is 20.7. The van der Waals surface area contributed by atoms with Crippen LogP contribution in [0.3, 0.4) is 0 Å². The van der Waals surface area contributed by atoms with Crippen molar-refractivity contribution in [2.45, 2.75) is 93.3 Å². The van der Waals surface area contributed by atoms with E-state index in [1.165, 1.54) is 5.56 Å². The summed E-state index contributed by atoms with van der Waals surface area (Å²) < 4.78 is 11.1. The molecule has 0 bridgehead atoms. The predicted molar refractivity (Wildman–Crippen MR) is 133 cm³/mol. The molecule has 0 fully saturated rings. The van der Waals surface area contributed by atoms with Crippen LogP contribution in [-0.4, -0.2) is 34.0 Å². The van der Waals surface area contributed by atoms with Crippen LogP contribution in [0.1, 0.15) is 92.3 Å². The molecular formula is C25H41B2NO2. The Morgan fingerprint density at radius 3 is 1.67 bits per heavy atom. The van der Waals surface area contributed by atoms with Gasteiger partial charge in [-0.25, -0.2) is 4.98 Å². The predicted octanol–water partition coefficient (Wildman–Crippen LogP) is 6.85. The lowest BCUT2D eigenvalue weighted by molar-refractivity contribution is 0.232. The van der Waals surface area contributed by atoms with Crippen molar-refractivity contribution in [3.63, 3.8) is 0 Å². The number of hydrogen-bond donors (Lipinski definition) is 0. The number of ether oxygens (including phenoxy) is 2. The Hall–Kier alpha value is -1.90. The van der Waals surface area contributed by atoms with Gasteiger partial charge in [0.25, 0.3) is 0 Å². The molecular weight excluding hydrogens is 368 g/mol. The number of pyridine rings is 1. The monoisotopic (exact) mass is 409 g/mol. The standard InChI is InChI=1S/C12H18O.C11H17NO.C2H6.2B/c1-9(2)11-6-5-7-12(8-11)13-10(3)4;1-8(2)10-6-5-7-11(12-10)13-9(3)4;1-2;;/h5-10H,1-4H3;5-9H,1-4H3;1-2H3;;. The molecule has 0 atom stereocenters. The van der Waals surface area contributed by atoms with Crippen molar-refractivity contribution in [2.24, 2.45) is 0 Å². The summed E-state index contributed by atoms with van der Waals surface area (Å²) in [6, 6.07) is 14.2. The molecule has 1 aromatic heterocycles. The molecule has 164 valence electrons. The minimum atomic E-state index is 0. The van der Waals surface area contributed by atoms with E-state index >= 15 is 0 Å². The van der Waals surface area contributed by atoms with Gasteiger partial charge in [-0.05, 0) is 63.3 Å². The number of rotatable bonds is 6. The minimum absolute atomic E-state index is 0. The summed E-state index contributed by atoms with van der Waals surface area (Å²) in [5.41, 5.74) is 2.41. The van der Waals surface area contributed by atoms with E-state index in [0.29, 0.717) is 11.8 Å². The van der Waals surface area contributed by atoms with E-state index in [1.807, 2.05) is 71.9 Å². The third-order valence-electron chi connectivity index (χ3n) is 3.59. The molecule has 0 spiro atoms. The molecule has 0 unspecified atom stereocenters. The van der Waals surface area contributed by atoms with Crippen molar-refractivity contribution in [2.75, 3.05) is 0 Å². The first-order chi connectivity index (χ1) is 13.2. The van der Waals surface area contributed by atoms with Crippen LogP contribution in [-0.2, 0) is 0 Å². The Balaban J connectivity index is -0.000000423. The fourth-order valence-electron chi connectivity index (χ4n) is 2.28. The third-order valence-corrected chi connectivity index (χ3v) is 3.59. The molecule has 5 heteroatoms. The first-order valence-corrected chi connectivity index (χ1v) is 10.6. The first-order valence-electron chi connectivity index (χ1n) is 10.6. The molecule has 0 saturated carbocycles. The van der Waals surface area contributed by atoms with Gasteiger partial charge in [-0.3, -0.25) is 0 Å².